The third-order valence-corrected chi connectivity index (χ3v) is 4.08. The van der Waals surface area contributed by atoms with Gasteiger partial charge in [-0.25, -0.2) is 4.99 Å². The lowest BCUT2D eigenvalue weighted by molar-refractivity contribution is 0.415. The van der Waals surface area contributed by atoms with E-state index in [1.807, 2.05) is 12.1 Å². The van der Waals surface area contributed by atoms with Crippen LogP contribution in [-0.2, 0) is 6.54 Å². The summed E-state index contributed by atoms with van der Waals surface area (Å²) in [5.41, 5.74) is 2.43. The number of nitrogens with zero attached hydrogens (tertiary/aromatic N) is 1. The molecule has 0 unspecified atom stereocenters. The molecule has 0 aliphatic heterocycles. The summed E-state index contributed by atoms with van der Waals surface area (Å²) in [6.07, 6.45) is 0. The van der Waals surface area contributed by atoms with Crippen LogP contribution in [0.15, 0.2) is 40.7 Å². The number of guanidine groups is 1. The maximum atomic E-state index is 5.19. The molecule has 23 heavy (non-hydrogen) atoms. The third kappa shape index (κ3) is 6.02. The van der Waals surface area contributed by atoms with Crippen molar-refractivity contribution in [2.75, 3.05) is 20.2 Å². The fraction of sp³-hybridized carbons (Fsp3) is 0.353. The monoisotopic (exact) mass is 445 g/mol. The zero-order valence-corrected chi connectivity index (χ0v) is 16.9. The minimum atomic E-state index is 0. The van der Waals surface area contributed by atoms with E-state index in [2.05, 4.69) is 53.1 Å². The van der Waals surface area contributed by atoms with E-state index in [-0.39, 0.29) is 24.0 Å². The Morgan fingerprint density at radius 2 is 1.74 bits per heavy atom. The first kappa shape index (κ1) is 19.8. The van der Waals surface area contributed by atoms with Gasteiger partial charge in [0, 0.05) is 18.0 Å². The van der Waals surface area contributed by atoms with Crippen LogP contribution in [0.1, 0.15) is 18.7 Å². The first-order valence-corrected chi connectivity index (χ1v) is 8.38. The van der Waals surface area contributed by atoms with Crippen molar-refractivity contribution >= 4 is 41.3 Å². The minimum Gasteiger partial charge on any atom is -0.497 e. The molecular weight excluding hydrogens is 421 g/mol. The second-order valence-electron chi connectivity index (χ2n) is 4.76. The Bertz CT molecular complexity index is 603. The van der Waals surface area contributed by atoms with Gasteiger partial charge in [0.1, 0.15) is 5.75 Å². The van der Waals surface area contributed by atoms with Gasteiger partial charge >= 0.3 is 0 Å². The fourth-order valence-corrected chi connectivity index (χ4v) is 2.88. The largest absolute Gasteiger partial charge is 0.497 e. The number of rotatable bonds is 6. The van der Waals surface area contributed by atoms with E-state index < -0.39 is 0 Å². The van der Waals surface area contributed by atoms with Gasteiger partial charge in [0.25, 0.3) is 0 Å². The quantitative estimate of drug-likeness (QED) is 0.400. The molecule has 0 atom stereocenters. The predicted octanol–water partition coefficient (Wildman–Crippen LogP) is 4.12. The number of hydrogen-bond donors (Lipinski definition) is 2. The average Bonchev–Trinajstić information content (AvgIpc) is 3.02. The van der Waals surface area contributed by atoms with E-state index in [1.165, 1.54) is 16.0 Å². The van der Waals surface area contributed by atoms with E-state index in [9.17, 15) is 0 Å². The van der Waals surface area contributed by atoms with Crippen LogP contribution in [0.4, 0.5) is 0 Å². The lowest BCUT2D eigenvalue weighted by atomic mass is 10.1. The van der Waals surface area contributed by atoms with Gasteiger partial charge < -0.3 is 15.4 Å². The fourth-order valence-electron chi connectivity index (χ4n) is 2.06. The van der Waals surface area contributed by atoms with Crippen molar-refractivity contribution in [3.05, 3.63) is 40.6 Å². The maximum Gasteiger partial charge on any atom is 0.191 e. The Kier molecular flexibility index (Phi) is 9.01. The molecule has 6 heteroatoms. The van der Waals surface area contributed by atoms with Crippen molar-refractivity contribution < 1.29 is 4.74 Å². The number of ether oxygens (including phenoxy) is 1. The molecule has 0 radical (unpaired) electrons. The first-order chi connectivity index (χ1) is 10.8. The van der Waals surface area contributed by atoms with Gasteiger partial charge in [0.2, 0.25) is 0 Å². The Hall–Kier alpha value is -1.28. The maximum absolute atomic E-state index is 5.19. The lowest BCUT2D eigenvalue weighted by Gasteiger charge is -2.08. The predicted molar refractivity (Wildman–Crippen MR) is 110 cm³/mol. The highest BCUT2D eigenvalue weighted by molar-refractivity contribution is 14.0. The zero-order valence-electron chi connectivity index (χ0n) is 13.8. The van der Waals surface area contributed by atoms with Crippen molar-refractivity contribution in [3.63, 3.8) is 0 Å². The number of hydrogen-bond acceptors (Lipinski definition) is 3. The summed E-state index contributed by atoms with van der Waals surface area (Å²) < 4.78 is 5.19. The normalized spacial score (nSPS) is 9.70. The van der Waals surface area contributed by atoms with Crippen LogP contribution >= 0.6 is 35.3 Å². The number of aliphatic imine (C=N–C) groups is 1. The van der Waals surface area contributed by atoms with Crippen LogP contribution in [0.3, 0.4) is 0 Å². The second-order valence-corrected chi connectivity index (χ2v) is 5.75. The molecule has 1 aromatic carbocycles. The Balaban J connectivity index is 0.00000264. The molecule has 0 bridgehead atoms. The summed E-state index contributed by atoms with van der Waals surface area (Å²) in [5, 5.41) is 8.64. The molecule has 2 rings (SSSR count). The molecule has 0 aliphatic carbocycles. The summed E-state index contributed by atoms with van der Waals surface area (Å²) in [6, 6.07) is 10.3. The van der Waals surface area contributed by atoms with Gasteiger partial charge in [-0.2, -0.15) is 0 Å². The van der Waals surface area contributed by atoms with Gasteiger partial charge in [0.05, 0.1) is 13.7 Å². The van der Waals surface area contributed by atoms with Crippen molar-refractivity contribution in [3.8, 4) is 16.9 Å². The van der Waals surface area contributed by atoms with E-state index in [0.29, 0.717) is 6.54 Å². The molecule has 0 fully saturated rings. The van der Waals surface area contributed by atoms with Crippen molar-refractivity contribution in [2.24, 2.45) is 4.99 Å². The summed E-state index contributed by atoms with van der Waals surface area (Å²) >= 11 is 1.74. The van der Waals surface area contributed by atoms with Gasteiger partial charge in [0.15, 0.2) is 5.96 Å². The zero-order chi connectivity index (χ0) is 15.8. The average molecular weight is 445 g/mol. The Morgan fingerprint density at radius 3 is 2.30 bits per heavy atom. The number of nitrogens with one attached hydrogen (secondary N) is 2. The summed E-state index contributed by atoms with van der Waals surface area (Å²) in [4.78, 5) is 5.84. The summed E-state index contributed by atoms with van der Waals surface area (Å²) in [7, 11) is 1.68. The molecule has 2 aromatic rings. The topological polar surface area (TPSA) is 45.7 Å². The number of thiophene rings is 1. The minimum absolute atomic E-state index is 0. The lowest BCUT2D eigenvalue weighted by Crippen LogP contribution is -2.36. The van der Waals surface area contributed by atoms with Crippen LogP contribution in [0, 0.1) is 0 Å². The van der Waals surface area contributed by atoms with Gasteiger partial charge in [-0.1, -0.05) is 12.1 Å². The van der Waals surface area contributed by atoms with E-state index in [4.69, 9.17) is 4.74 Å². The first-order valence-electron chi connectivity index (χ1n) is 7.50. The molecule has 1 aromatic heterocycles. The highest BCUT2D eigenvalue weighted by Gasteiger charge is 2.03. The summed E-state index contributed by atoms with van der Waals surface area (Å²) in [5.74, 6) is 1.74. The molecule has 0 saturated carbocycles. The van der Waals surface area contributed by atoms with E-state index >= 15 is 0 Å². The molecule has 1 heterocycles. The van der Waals surface area contributed by atoms with Gasteiger partial charge in [-0.15, -0.1) is 35.3 Å². The highest BCUT2D eigenvalue weighted by atomic mass is 127. The highest BCUT2D eigenvalue weighted by Crippen LogP contribution is 2.27. The molecule has 4 nitrogen and oxygen atoms in total. The van der Waals surface area contributed by atoms with Crippen molar-refractivity contribution in [1.29, 1.82) is 0 Å². The van der Waals surface area contributed by atoms with E-state index in [1.54, 1.807) is 18.4 Å². The number of benzene rings is 1. The van der Waals surface area contributed by atoms with Crippen LogP contribution in [0.5, 0.6) is 5.75 Å². The second kappa shape index (κ2) is 10.5. The van der Waals surface area contributed by atoms with Crippen LogP contribution in [0.2, 0.25) is 0 Å². The van der Waals surface area contributed by atoms with Crippen LogP contribution < -0.4 is 15.4 Å². The van der Waals surface area contributed by atoms with Gasteiger partial charge in [-0.3, -0.25) is 0 Å². The summed E-state index contributed by atoms with van der Waals surface area (Å²) in [6.45, 7) is 6.57. The molecule has 0 spiro atoms. The molecule has 0 aliphatic rings. The molecule has 126 valence electrons. The van der Waals surface area contributed by atoms with Crippen molar-refractivity contribution in [1.82, 2.24) is 10.6 Å². The molecular formula is C17H24IN3OS. The number of halogens is 1. The Morgan fingerprint density at radius 1 is 1.09 bits per heavy atom. The third-order valence-electron chi connectivity index (χ3n) is 3.16. The Labute approximate surface area is 159 Å². The van der Waals surface area contributed by atoms with E-state index in [0.717, 1.165) is 24.8 Å². The smallest absolute Gasteiger partial charge is 0.191 e. The molecule has 0 amide bonds. The standard InChI is InChI=1S/C17H23N3OS.HI/c1-4-18-17(19-5-2)20-11-16-10-14(12-22-16)13-6-8-15(21-3)9-7-13;/h6-10,12H,4-5,11H2,1-3H3,(H2,18,19,20);1H. The molecule has 0 saturated heterocycles. The van der Waals surface area contributed by atoms with Gasteiger partial charge in [-0.05, 0) is 48.6 Å². The molecule has 2 N–H and O–H groups in total. The van der Waals surface area contributed by atoms with Crippen molar-refractivity contribution in [2.45, 2.75) is 20.4 Å². The SMILES string of the molecule is CCNC(=NCc1cc(-c2ccc(OC)cc2)cs1)NCC.I. The van der Waals surface area contributed by atoms with Crippen LogP contribution in [0.25, 0.3) is 11.1 Å². The number of methoxy groups -OCH3 is 1. The van der Waals surface area contributed by atoms with Crippen LogP contribution in [-0.4, -0.2) is 26.2 Å².